The van der Waals surface area contributed by atoms with Crippen molar-refractivity contribution in [1.82, 2.24) is 0 Å². The highest BCUT2D eigenvalue weighted by Crippen LogP contribution is 2.49. The number of fused-ring (bicyclic) bond motifs is 1. The topological polar surface area (TPSA) is 94.1 Å². The van der Waals surface area contributed by atoms with Gasteiger partial charge in [0.15, 0.2) is 11.5 Å². The normalized spacial score (nSPS) is 19.8. The van der Waals surface area contributed by atoms with Crippen LogP contribution in [-0.4, -0.2) is 37.3 Å². The zero-order valence-electron chi connectivity index (χ0n) is 15.4. The Morgan fingerprint density at radius 3 is 2.68 bits per heavy atom. The first-order chi connectivity index (χ1) is 13.5. The van der Waals surface area contributed by atoms with Crippen LogP contribution >= 0.6 is 0 Å². The number of rotatable bonds is 6. The van der Waals surface area contributed by atoms with E-state index in [1.807, 2.05) is 18.2 Å². The summed E-state index contributed by atoms with van der Waals surface area (Å²) < 4.78 is 16.2. The molecule has 1 saturated carbocycles. The maximum atomic E-state index is 12.7. The number of benzene rings is 2. The molecular weight excluding hydrogens is 362 g/mol. The van der Waals surface area contributed by atoms with Crippen molar-refractivity contribution in [2.45, 2.75) is 18.9 Å². The van der Waals surface area contributed by atoms with Crippen molar-refractivity contribution in [2.24, 2.45) is 5.92 Å². The second-order valence-electron chi connectivity index (χ2n) is 7.00. The first-order valence-corrected chi connectivity index (χ1v) is 9.12. The van der Waals surface area contributed by atoms with Crippen LogP contribution in [-0.2, 0) is 16.1 Å². The minimum Gasteiger partial charge on any atom is -0.486 e. The molecule has 7 nitrogen and oxygen atoms in total. The predicted molar refractivity (Wildman–Crippen MR) is 101 cm³/mol. The Morgan fingerprint density at radius 2 is 1.93 bits per heavy atom. The second-order valence-corrected chi connectivity index (χ2v) is 7.00. The third-order valence-corrected chi connectivity index (χ3v) is 4.94. The summed E-state index contributed by atoms with van der Waals surface area (Å²) in [6.45, 7) is 1.34. The molecule has 1 aliphatic carbocycles. The monoisotopic (exact) mass is 383 g/mol. The van der Waals surface area contributed by atoms with Gasteiger partial charge in [-0.15, -0.1) is 0 Å². The van der Waals surface area contributed by atoms with Gasteiger partial charge in [0.1, 0.15) is 13.2 Å². The largest absolute Gasteiger partial charge is 0.486 e. The van der Waals surface area contributed by atoms with Gasteiger partial charge in [-0.1, -0.05) is 6.07 Å². The molecule has 146 valence electrons. The van der Waals surface area contributed by atoms with Crippen LogP contribution in [0.4, 0.5) is 5.69 Å². The molecule has 2 aromatic carbocycles. The van der Waals surface area contributed by atoms with E-state index in [1.165, 1.54) is 19.2 Å². The third kappa shape index (κ3) is 3.80. The van der Waals surface area contributed by atoms with Gasteiger partial charge in [0, 0.05) is 18.7 Å². The van der Waals surface area contributed by atoms with Crippen molar-refractivity contribution in [3.05, 3.63) is 53.1 Å². The van der Waals surface area contributed by atoms with Gasteiger partial charge >= 0.3 is 5.97 Å². The fourth-order valence-corrected chi connectivity index (χ4v) is 3.52. The lowest BCUT2D eigenvalue weighted by Crippen LogP contribution is -2.16. The molecule has 0 aromatic heterocycles. The first-order valence-electron chi connectivity index (χ1n) is 9.12. The minimum absolute atomic E-state index is 0.115. The van der Waals surface area contributed by atoms with Gasteiger partial charge < -0.3 is 24.6 Å². The van der Waals surface area contributed by atoms with Gasteiger partial charge in [-0.3, -0.25) is 4.79 Å². The molecule has 28 heavy (non-hydrogen) atoms. The summed E-state index contributed by atoms with van der Waals surface area (Å²) in [6, 6.07) is 10.5. The van der Waals surface area contributed by atoms with Crippen molar-refractivity contribution < 1.29 is 28.9 Å². The van der Waals surface area contributed by atoms with Gasteiger partial charge in [-0.25, -0.2) is 4.79 Å². The van der Waals surface area contributed by atoms with Crippen LogP contribution in [0.15, 0.2) is 36.4 Å². The van der Waals surface area contributed by atoms with Gasteiger partial charge in [0.2, 0.25) is 5.91 Å². The Labute approximate surface area is 162 Å². The summed E-state index contributed by atoms with van der Waals surface area (Å²) in [5.41, 5.74) is 2.31. The number of ether oxygens (including phenoxy) is 3. The number of hydrogen-bond donors (Lipinski definition) is 2. The number of aromatic carboxylic acids is 1. The van der Waals surface area contributed by atoms with Crippen LogP contribution in [0.3, 0.4) is 0 Å². The number of nitrogens with one attached hydrogen (secondary N) is 1. The number of methoxy groups -OCH3 is 1. The molecule has 1 heterocycles. The van der Waals surface area contributed by atoms with E-state index >= 15 is 0 Å². The van der Waals surface area contributed by atoms with E-state index in [4.69, 9.17) is 14.2 Å². The molecule has 2 N–H and O–H groups in total. The third-order valence-electron chi connectivity index (χ3n) is 4.94. The number of carbonyl (C=O) groups is 2. The standard InChI is InChI=1S/C21H21NO6/c1-26-11-12-6-14(21(24)25)8-15(7-12)22-20(23)17-10-16(17)13-2-3-18-19(9-13)28-5-4-27-18/h2-3,6-9,16-17H,4-5,10-11H2,1H3,(H,22,23)(H,24,25). The zero-order valence-corrected chi connectivity index (χ0v) is 15.4. The minimum atomic E-state index is -1.05. The summed E-state index contributed by atoms with van der Waals surface area (Å²) in [5.74, 6) is 0.250. The summed E-state index contributed by atoms with van der Waals surface area (Å²) in [6.07, 6.45) is 0.745. The molecule has 0 bridgehead atoms. The molecule has 2 aliphatic rings. The summed E-state index contributed by atoms with van der Waals surface area (Å²) in [4.78, 5) is 24.0. The van der Waals surface area contributed by atoms with E-state index < -0.39 is 5.97 Å². The zero-order chi connectivity index (χ0) is 19.7. The Hall–Kier alpha value is -3.06. The van der Waals surface area contributed by atoms with Crippen molar-refractivity contribution in [1.29, 1.82) is 0 Å². The average Bonchev–Trinajstić information content (AvgIpc) is 3.49. The molecule has 2 aromatic rings. The molecule has 1 fully saturated rings. The van der Waals surface area contributed by atoms with Crippen LogP contribution in [0.25, 0.3) is 0 Å². The second kappa shape index (κ2) is 7.52. The fraction of sp³-hybridized carbons (Fsp3) is 0.333. The highest BCUT2D eigenvalue weighted by molar-refractivity contribution is 5.97. The lowest BCUT2D eigenvalue weighted by atomic mass is 10.1. The fourth-order valence-electron chi connectivity index (χ4n) is 3.52. The van der Waals surface area contributed by atoms with E-state index in [1.54, 1.807) is 6.07 Å². The molecule has 0 radical (unpaired) electrons. The maximum Gasteiger partial charge on any atom is 0.335 e. The van der Waals surface area contributed by atoms with Crippen LogP contribution in [0.1, 0.15) is 33.8 Å². The van der Waals surface area contributed by atoms with Crippen LogP contribution in [0.2, 0.25) is 0 Å². The van der Waals surface area contributed by atoms with Gasteiger partial charge in [0.25, 0.3) is 0 Å². The van der Waals surface area contributed by atoms with E-state index in [2.05, 4.69) is 5.32 Å². The SMILES string of the molecule is COCc1cc(NC(=O)C2CC2c2ccc3c(c2)OCCO3)cc(C(=O)O)c1. The molecule has 0 spiro atoms. The molecule has 7 heteroatoms. The van der Waals surface area contributed by atoms with Gasteiger partial charge in [0.05, 0.1) is 12.2 Å². The molecule has 2 atom stereocenters. The average molecular weight is 383 g/mol. The molecular formula is C21H21NO6. The number of anilines is 1. The summed E-state index contributed by atoms with van der Waals surface area (Å²) in [5, 5.41) is 12.1. The number of carboxylic acid groups (broad SMARTS) is 1. The Balaban J connectivity index is 1.46. The first kappa shape index (κ1) is 18.3. The van der Waals surface area contributed by atoms with E-state index in [-0.39, 0.29) is 29.9 Å². The summed E-state index contributed by atoms with van der Waals surface area (Å²) in [7, 11) is 1.54. The molecule has 1 amide bonds. The number of amides is 1. The van der Waals surface area contributed by atoms with E-state index in [0.29, 0.717) is 30.2 Å². The lowest BCUT2D eigenvalue weighted by molar-refractivity contribution is -0.117. The van der Waals surface area contributed by atoms with E-state index in [9.17, 15) is 14.7 Å². The van der Waals surface area contributed by atoms with Crippen LogP contribution in [0.5, 0.6) is 11.5 Å². The van der Waals surface area contributed by atoms with Crippen molar-refractivity contribution in [2.75, 3.05) is 25.6 Å². The molecule has 1 aliphatic heterocycles. The summed E-state index contributed by atoms with van der Waals surface area (Å²) >= 11 is 0. The van der Waals surface area contributed by atoms with Crippen LogP contribution in [0, 0.1) is 5.92 Å². The van der Waals surface area contributed by atoms with Gasteiger partial charge in [-0.2, -0.15) is 0 Å². The van der Waals surface area contributed by atoms with Crippen molar-refractivity contribution in [3.63, 3.8) is 0 Å². The number of carboxylic acids is 1. The highest BCUT2D eigenvalue weighted by atomic mass is 16.6. The predicted octanol–water partition coefficient (Wildman–Crippen LogP) is 3.04. The maximum absolute atomic E-state index is 12.7. The quantitative estimate of drug-likeness (QED) is 0.796. The lowest BCUT2D eigenvalue weighted by Gasteiger charge is -2.18. The van der Waals surface area contributed by atoms with Gasteiger partial charge in [-0.05, 0) is 53.8 Å². The van der Waals surface area contributed by atoms with E-state index in [0.717, 1.165) is 17.7 Å². The highest BCUT2D eigenvalue weighted by Gasteiger charge is 2.44. The van der Waals surface area contributed by atoms with Crippen molar-refractivity contribution >= 4 is 17.6 Å². The Kier molecular flexibility index (Phi) is 4.92. The Morgan fingerprint density at radius 1 is 1.14 bits per heavy atom. The Bertz CT molecular complexity index is 925. The molecule has 2 unspecified atom stereocenters. The molecule has 0 saturated heterocycles. The van der Waals surface area contributed by atoms with Crippen molar-refractivity contribution in [3.8, 4) is 11.5 Å². The smallest absolute Gasteiger partial charge is 0.335 e. The molecule has 4 rings (SSSR count). The number of hydrogen-bond acceptors (Lipinski definition) is 5. The number of carbonyl (C=O) groups excluding carboxylic acids is 1. The van der Waals surface area contributed by atoms with Crippen LogP contribution < -0.4 is 14.8 Å².